The van der Waals surface area contributed by atoms with E-state index in [1.54, 1.807) is 4.90 Å². The van der Waals surface area contributed by atoms with E-state index in [0.717, 1.165) is 50.1 Å². The van der Waals surface area contributed by atoms with E-state index in [1.165, 1.54) is 11.8 Å². The van der Waals surface area contributed by atoms with Crippen LogP contribution < -0.4 is 0 Å². The van der Waals surface area contributed by atoms with Crippen molar-refractivity contribution in [1.29, 1.82) is 0 Å². The Morgan fingerprint density at radius 1 is 0.886 bits per heavy atom. The lowest BCUT2D eigenvalue weighted by Gasteiger charge is -2.13. The van der Waals surface area contributed by atoms with Crippen LogP contribution in [-0.4, -0.2) is 21.7 Å². The number of hydrogen-bond acceptors (Lipinski definition) is 4. The monoisotopic (exact) mass is 491 g/mol. The van der Waals surface area contributed by atoms with E-state index in [0.29, 0.717) is 15.8 Å². The molecule has 0 radical (unpaired) electrons. The van der Waals surface area contributed by atoms with Gasteiger partial charge in [-0.25, -0.2) is 0 Å². The molecule has 3 aliphatic rings. The molecule has 6 rings (SSSR count). The highest BCUT2D eigenvalue weighted by atomic mass is 32.2. The van der Waals surface area contributed by atoms with E-state index < -0.39 is 0 Å². The predicted octanol–water partition coefficient (Wildman–Crippen LogP) is 8.09. The summed E-state index contributed by atoms with van der Waals surface area (Å²) in [6.45, 7) is 2.50. The van der Waals surface area contributed by atoms with Gasteiger partial charge in [-0.05, 0) is 41.0 Å². The van der Waals surface area contributed by atoms with Gasteiger partial charge in [0.05, 0.1) is 4.91 Å². The summed E-state index contributed by atoms with van der Waals surface area (Å²) in [5.74, 6) is 1.50. The number of thiocarbonyl (C=S) groups is 1. The van der Waals surface area contributed by atoms with Gasteiger partial charge >= 0.3 is 0 Å². The van der Waals surface area contributed by atoms with E-state index >= 15 is 0 Å². The number of amides is 1. The number of likely N-dealkylation sites (N-methyl/N-ethyl adjacent to an activating group) is 1. The minimum atomic E-state index is -0.0524. The molecule has 1 amide bonds. The molecular weight excluding hydrogens is 470 g/mol. The molecule has 0 aromatic heterocycles. The van der Waals surface area contributed by atoms with Crippen molar-refractivity contribution in [3.05, 3.63) is 101 Å². The molecule has 0 saturated carbocycles. The number of fused-ring (bicyclic) bond motifs is 3. The molecular formula is C30H21NO2S2. The van der Waals surface area contributed by atoms with Crippen LogP contribution in [0, 0.1) is 0 Å². The summed E-state index contributed by atoms with van der Waals surface area (Å²) in [7, 11) is 0. The maximum absolute atomic E-state index is 13.0. The smallest absolute Gasteiger partial charge is 0.266 e. The van der Waals surface area contributed by atoms with Crippen LogP contribution in [0.3, 0.4) is 0 Å². The van der Waals surface area contributed by atoms with Gasteiger partial charge in [0.15, 0.2) is 0 Å². The first-order valence-corrected chi connectivity index (χ1v) is 12.7. The second-order valence-corrected chi connectivity index (χ2v) is 10.0. The molecule has 3 aromatic carbocycles. The Morgan fingerprint density at radius 3 is 2.17 bits per heavy atom. The molecule has 0 unspecified atom stereocenters. The number of benzene rings is 3. The van der Waals surface area contributed by atoms with E-state index in [-0.39, 0.29) is 5.91 Å². The average molecular weight is 492 g/mol. The third-order valence-corrected chi connectivity index (χ3v) is 7.70. The van der Waals surface area contributed by atoms with Crippen LogP contribution in [0.25, 0.3) is 50.6 Å². The molecule has 170 valence electrons. The molecule has 2 aliphatic heterocycles. The Labute approximate surface area is 213 Å². The lowest BCUT2D eigenvalue weighted by molar-refractivity contribution is -0.121. The van der Waals surface area contributed by atoms with E-state index in [4.69, 9.17) is 16.6 Å². The zero-order valence-electron chi connectivity index (χ0n) is 19.0. The first kappa shape index (κ1) is 21.8. The van der Waals surface area contributed by atoms with Crippen LogP contribution in [0.2, 0.25) is 0 Å². The molecule has 3 aromatic rings. The predicted molar refractivity (Wildman–Crippen MR) is 149 cm³/mol. The van der Waals surface area contributed by atoms with E-state index in [1.807, 2.05) is 61.5 Å². The minimum Gasteiger partial charge on any atom is -0.455 e. The van der Waals surface area contributed by atoms with Crippen molar-refractivity contribution in [3.8, 4) is 33.8 Å². The average Bonchev–Trinajstić information content (AvgIpc) is 3.37. The van der Waals surface area contributed by atoms with Gasteiger partial charge in [-0.2, -0.15) is 0 Å². The lowest BCUT2D eigenvalue weighted by atomic mass is 9.96. The summed E-state index contributed by atoms with van der Waals surface area (Å²) >= 11 is 6.80. The lowest BCUT2D eigenvalue weighted by Crippen LogP contribution is -2.27. The van der Waals surface area contributed by atoms with Crippen LogP contribution in [0.4, 0.5) is 0 Å². The highest BCUT2D eigenvalue weighted by Crippen LogP contribution is 2.48. The Kier molecular flexibility index (Phi) is 5.51. The summed E-state index contributed by atoms with van der Waals surface area (Å²) in [5, 5.41) is 2.15. The quantitative estimate of drug-likeness (QED) is 0.188. The summed E-state index contributed by atoms with van der Waals surface area (Å²) < 4.78 is 7.23. The van der Waals surface area contributed by atoms with Gasteiger partial charge in [0.2, 0.25) is 0 Å². The molecule has 1 saturated heterocycles. The van der Waals surface area contributed by atoms with Crippen molar-refractivity contribution in [2.45, 2.75) is 6.92 Å². The highest BCUT2D eigenvalue weighted by molar-refractivity contribution is 8.26. The van der Waals surface area contributed by atoms with Gasteiger partial charge in [0.25, 0.3) is 5.91 Å². The first-order chi connectivity index (χ1) is 17.2. The third-order valence-electron chi connectivity index (χ3n) is 6.32. The summed E-state index contributed by atoms with van der Waals surface area (Å²) in [5.41, 5.74) is 5.17. The largest absolute Gasteiger partial charge is 0.455 e. The number of rotatable bonds is 4. The molecule has 0 bridgehead atoms. The molecule has 5 heteroatoms. The van der Waals surface area contributed by atoms with E-state index in [2.05, 4.69) is 42.5 Å². The molecule has 2 heterocycles. The van der Waals surface area contributed by atoms with E-state index in [9.17, 15) is 4.79 Å². The molecule has 3 nitrogen and oxygen atoms in total. The maximum Gasteiger partial charge on any atom is 0.266 e. The Hall–Kier alpha value is -3.67. The fourth-order valence-corrected chi connectivity index (χ4v) is 6.03. The van der Waals surface area contributed by atoms with Crippen molar-refractivity contribution in [2.24, 2.45) is 0 Å². The second kappa shape index (κ2) is 8.84. The van der Waals surface area contributed by atoms with Gasteiger partial charge in [-0.1, -0.05) is 109 Å². The fourth-order valence-electron chi connectivity index (χ4n) is 4.67. The zero-order valence-corrected chi connectivity index (χ0v) is 20.7. The van der Waals surface area contributed by atoms with Crippen LogP contribution in [0.1, 0.15) is 12.5 Å². The highest BCUT2D eigenvalue weighted by Gasteiger charge is 2.32. The fraction of sp³-hybridized carbons (Fsp3) is 0.0667. The second-order valence-electron chi connectivity index (χ2n) is 8.35. The number of thioether (sulfide) groups is 1. The molecule has 0 spiro atoms. The van der Waals surface area contributed by atoms with Gasteiger partial charge < -0.3 is 4.42 Å². The van der Waals surface area contributed by atoms with Crippen LogP contribution >= 0.6 is 24.0 Å². The molecule has 1 fully saturated rings. The Bertz CT molecular complexity index is 1590. The third kappa shape index (κ3) is 3.68. The standard InChI is InChI=1S/C30H21NO2S2/c1-2-31-29(32)26(35-30(31)34)18-24-21-15-9-10-16-22(21)27-23(19-11-5-3-6-12-19)17-25(33-28(24)27)20-13-7-4-8-14-20/h3-18H,2H2,1H3/b26-18+. The maximum atomic E-state index is 13.0. The first-order valence-electron chi connectivity index (χ1n) is 11.5. The van der Waals surface area contributed by atoms with Crippen LogP contribution in [-0.2, 0) is 4.79 Å². The van der Waals surface area contributed by atoms with Crippen molar-refractivity contribution < 1.29 is 9.21 Å². The normalized spacial score (nSPS) is 15.1. The van der Waals surface area contributed by atoms with Crippen molar-refractivity contribution in [1.82, 2.24) is 4.90 Å². The number of carbonyl (C=O) groups excluding carboxylic acids is 1. The summed E-state index contributed by atoms with van der Waals surface area (Å²) in [6, 6.07) is 30.9. The van der Waals surface area contributed by atoms with Crippen molar-refractivity contribution in [2.75, 3.05) is 6.54 Å². The molecule has 0 atom stereocenters. The summed E-state index contributed by atoms with van der Waals surface area (Å²) in [6.07, 6.45) is 1.95. The van der Waals surface area contributed by atoms with Crippen LogP contribution in [0.5, 0.6) is 0 Å². The van der Waals surface area contributed by atoms with Crippen LogP contribution in [0.15, 0.2) is 100 Å². The Morgan fingerprint density at radius 2 is 1.51 bits per heavy atom. The SMILES string of the molecule is CCN1C(=O)/C(=C\c2c3oc(-c4ccccc4)cc(-c4ccccc4)c-3c3ccccc23)SC1=S. The number of hydrogen-bond donors (Lipinski definition) is 0. The minimum absolute atomic E-state index is 0.0524. The zero-order chi connectivity index (χ0) is 23.9. The van der Waals surface area contributed by atoms with Gasteiger partial charge in [0.1, 0.15) is 15.8 Å². The van der Waals surface area contributed by atoms with Crippen molar-refractivity contribution >= 4 is 51.1 Å². The molecule has 35 heavy (non-hydrogen) atoms. The van der Waals surface area contributed by atoms with Gasteiger partial charge in [-0.15, -0.1) is 0 Å². The number of carbonyl (C=O) groups is 1. The van der Waals surface area contributed by atoms with Gasteiger partial charge in [-0.3, -0.25) is 9.69 Å². The van der Waals surface area contributed by atoms with Gasteiger partial charge in [0, 0.05) is 23.2 Å². The Balaban J connectivity index is 1.68. The van der Waals surface area contributed by atoms with Crippen molar-refractivity contribution in [3.63, 3.8) is 0 Å². The topological polar surface area (TPSA) is 33.5 Å². The number of nitrogens with zero attached hydrogens (tertiary/aromatic N) is 1. The summed E-state index contributed by atoms with van der Waals surface area (Å²) in [4.78, 5) is 15.3. The molecule has 0 N–H and O–H groups in total. The molecule has 1 aliphatic carbocycles.